The van der Waals surface area contributed by atoms with Gasteiger partial charge in [0.05, 0.1) is 29.5 Å². The summed E-state index contributed by atoms with van der Waals surface area (Å²) in [6.45, 7) is 0. The van der Waals surface area contributed by atoms with E-state index in [1.54, 1.807) is 19.2 Å². The third kappa shape index (κ3) is 3.26. The van der Waals surface area contributed by atoms with Gasteiger partial charge < -0.3 is 4.74 Å². The van der Waals surface area contributed by atoms with Gasteiger partial charge in [0.15, 0.2) is 0 Å². The highest BCUT2D eigenvalue weighted by atomic mass is 19.1. The van der Waals surface area contributed by atoms with Crippen LogP contribution in [-0.2, 0) is 6.42 Å². The quantitative estimate of drug-likeness (QED) is 0.520. The van der Waals surface area contributed by atoms with Crippen LogP contribution in [0.25, 0.3) is 22.3 Å². The van der Waals surface area contributed by atoms with Gasteiger partial charge in [-0.05, 0) is 54.1 Å². The van der Waals surface area contributed by atoms with E-state index in [0.717, 1.165) is 39.3 Å². The van der Waals surface area contributed by atoms with Gasteiger partial charge in [-0.1, -0.05) is 24.3 Å². The first kappa shape index (κ1) is 16.2. The Labute approximate surface area is 151 Å². The van der Waals surface area contributed by atoms with Gasteiger partial charge in [-0.2, -0.15) is 0 Å². The largest absolute Gasteiger partial charge is 0.497 e. The van der Waals surface area contributed by atoms with E-state index in [-0.39, 0.29) is 5.82 Å². The third-order valence-corrected chi connectivity index (χ3v) is 4.29. The fourth-order valence-electron chi connectivity index (χ4n) is 2.94. The van der Waals surface area contributed by atoms with E-state index in [4.69, 9.17) is 14.7 Å². The van der Waals surface area contributed by atoms with Crippen LogP contribution in [0, 0.1) is 5.82 Å². The van der Waals surface area contributed by atoms with Gasteiger partial charge in [-0.15, -0.1) is 0 Å². The second-order valence-electron chi connectivity index (χ2n) is 6.04. The number of hydrogen-bond donors (Lipinski definition) is 0. The van der Waals surface area contributed by atoms with Crippen LogP contribution < -0.4 is 4.74 Å². The van der Waals surface area contributed by atoms with E-state index >= 15 is 0 Å². The van der Waals surface area contributed by atoms with E-state index in [1.165, 1.54) is 12.1 Å². The van der Waals surface area contributed by atoms with Gasteiger partial charge >= 0.3 is 0 Å². The second-order valence-corrected chi connectivity index (χ2v) is 6.04. The predicted octanol–water partition coefficient (Wildman–Crippen LogP) is 5.04. The summed E-state index contributed by atoms with van der Waals surface area (Å²) in [5.74, 6) is 0.552. The molecule has 1 heterocycles. The first-order chi connectivity index (χ1) is 12.7. The highest BCUT2D eigenvalue weighted by molar-refractivity contribution is 5.78. The maximum Gasteiger partial charge on any atom is 0.123 e. The van der Waals surface area contributed by atoms with Crippen molar-refractivity contribution in [1.82, 2.24) is 9.97 Å². The lowest BCUT2D eigenvalue weighted by Crippen LogP contribution is -2.00. The summed E-state index contributed by atoms with van der Waals surface area (Å²) in [5, 5.41) is 0. The monoisotopic (exact) mass is 344 g/mol. The molecule has 0 fully saturated rings. The molecule has 0 bridgehead atoms. The maximum atomic E-state index is 13.2. The molecule has 0 spiro atoms. The Morgan fingerprint density at radius 2 is 1.46 bits per heavy atom. The molecule has 128 valence electrons. The van der Waals surface area contributed by atoms with Crippen LogP contribution in [0.2, 0.25) is 0 Å². The van der Waals surface area contributed by atoms with Crippen LogP contribution in [0.15, 0.2) is 72.8 Å². The second kappa shape index (κ2) is 6.92. The SMILES string of the molecule is COc1ccc(-c2nc3ccccc3nc2Cc2ccc(F)cc2)cc1. The van der Waals surface area contributed by atoms with E-state index < -0.39 is 0 Å². The zero-order valence-corrected chi connectivity index (χ0v) is 14.3. The molecule has 4 rings (SSSR count). The van der Waals surface area contributed by atoms with Gasteiger partial charge in [-0.25, -0.2) is 14.4 Å². The van der Waals surface area contributed by atoms with Crippen LogP contribution in [0.1, 0.15) is 11.3 Å². The molecule has 26 heavy (non-hydrogen) atoms. The van der Waals surface area contributed by atoms with E-state index in [0.29, 0.717) is 6.42 Å². The van der Waals surface area contributed by atoms with Crippen LogP contribution in [-0.4, -0.2) is 17.1 Å². The smallest absolute Gasteiger partial charge is 0.123 e. The van der Waals surface area contributed by atoms with E-state index in [9.17, 15) is 4.39 Å². The van der Waals surface area contributed by atoms with Crippen LogP contribution in [0.3, 0.4) is 0 Å². The van der Waals surface area contributed by atoms with Gasteiger partial charge in [0, 0.05) is 12.0 Å². The molecule has 1 aromatic heterocycles. The molecule has 0 aliphatic carbocycles. The lowest BCUT2D eigenvalue weighted by molar-refractivity contribution is 0.415. The minimum atomic E-state index is -0.242. The molecule has 0 N–H and O–H groups in total. The Morgan fingerprint density at radius 1 is 0.808 bits per heavy atom. The third-order valence-electron chi connectivity index (χ3n) is 4.29. The summed E-state index contributed by atoms with van der Waals surface area (Å²) >= 11 is 0. The first-order valence-corrected chi connectivity index (χ1v) is 8.37. The van der Waals surface area contributed by atoms with Crippen molar-refractivity contribution in [2.24, 2.45) is 0 Å². The number of nitrogens with zero attached hydrogens (tertiary/aromatic N) is 2. The Balaban J connectivity index is 1.83. The van der Waals surface area contributed by atoms with E-state index in [1.807, 2.05) is 48.5 Å². The highest BCUT2D eigenvalue weighted by Gasteiger charge is 2.12. The predicted molar refractivity (Wildman–Crippen MR) is 101 cm³/mol. The average molecular weight is 344 g/mol. The fourth-order valence-corrected chi connectivity index (χ4v) is 2.94. The summed E-state index contributed by atoms with van der Waals surface area (Å²) in [6, 6.07) is 22.1. The first-order valence-electron chi connectivity index (χ1n) is 8.37. The van der Waals surface area contributed by atoms with Gasteiger partial charge in [-0.3, -0.25) is 0 Å². The van der Waals surface area contributed by atoms with Gasteiger partial charge in [0.25, 0.3) is 0 Å². The fraction of sp³-hybridized carbons (Fsp3) is 0.0909. The molecule has 0 aliphatic rings. The molecule has 0 radical (unpaired) electrons. The zero-order chi connectivity index (χ0) is 17.9. The lowest BCUT2D eigenvalue weighted by atomic mass is 10.0. The maximum absolute atomic E-state index is 13.2. The Hall–Kier alpha value is -3.27. The topological polar surface area (TPSA) is 35.0 Å². The standard InChI is InChI=1S/C22H17FN2O/c1-26-18-12-8-16(9-13-18)22-21(14-15-6-10-17(23)11-7-15)24-19-4-2-3-5-20(19)25-22/h2-13H,14H2,1H3. The number of para-hydroxylation sites is 2. The zero-order valence-electron chi connectivity index (χ0n) is 14.3. The Morgan fingerprint density at radius 3 is 2.12 bits per heavy atom. The molecule has 3 nitrogen and oxygen atoms in total. The molecular formula is C22H17FN2O. The highest BCUT2D eigenvalue weighted by Crippen LogP contribution is 2.27. The normalized spacial score (nSPS) is 10.8. The molecule has 0 unspecified atom stereocenters. The number of fused-ring (bicyclic) bond motifs is 1. The number of halogens is 1. The Bertz CT molecular complexity index is 1040. The van der Waals surface area contributed by atoms with Crippen LogP contribution >= 0.6 is 0 Å². The van der Waals surface area contributed by atoms with Crippen molar-refractivity contribution >= 4 is 11.0 Å². The molecule has 0 saturated heterocycles. The molecule has 4 aromatic rings. The average Bonchev–Trinajstić information content (AvgIpc) is 2.69. The Kier molecular flexibility index (Phi) is 4.32. The van der Waals surface area contributed by atoms with Crippen molar-refractivity contribution in [1.29, 1.82) is 0 Å². The number of methoxy groups -OCH3 is 1. The summed E-state index contributed by atoms with van der Waals surface area (Å²) in [4.78, 5) is 9.66. The summed E-state index contributed by atoms with van der Waals surface area (Å²) in [5.41, 5.74) is 5.35. The summed E-state index contributed by atoms with van der Waals surface area (Å²) < 4.78 is 18.5. The number of rotatable bonds is 4. The number of ether oxygens (including phenoxy) is 1. The number of benzene rings is 3. The number of hydrogen-bond acceptors (Lipinski definition) is 3. The van der Waals surface area contributed by atoms with E-state index in [2.05, 4.69) is 0 Å². The molecular weight excluding hydrogens is 327 g/mol. The molecule has 4 heteroatoms. The van der Waals surface area contributed by atoms with Crippen molar-refractivity contribution < 1.29 is 9.13 Å². The van der Waals surface area contributed by atoms with Gasteiger partial charge in [0.1, 0.15) is 11.6 Å². The van der Waals surface area contributed by atoms with Crippen molar-refractivity contribution in [2.75, 3.05) is 7.11 Å². The van der Waals surface area contributed by atoms with Crippen LogP contribution in [0.5, 0.6) is 5.75 Å². The summed E-state index contributed by atoms with van der Waals surface area (Å²) in [7, 11) is 1.64. The number of aromatic nitrogens is 2. The van der Waals surface area contributed by atoms with Gasteiger partial charge in [0.2, 0.25) is 0 Å². The van der Waals surface area contributed by atoms with Crippen molar-refractivity contribution in [2.45, 2.75) is 6.42 Å². The molecule has 0 atom stereocenters. The minimum Gasteiger partial charge on any atom is -0.497 e. The summed E-state index contributed by atoms with van der Waals surface area (Å²) in [6.07, 6.45) is 0.583. The molecule has 0 amide bonds. The molecule has 0 saturated carbocycles. The van der Waals surface area contributed by atoms with Crippen molar-refractivity contribution in [3.63, 3.8) is 0 Å². The molecule has 3 aromatic carbocycles. The lowest BCUT2D eigenvalue weighted by Gasteiger charge is -2.11. The minimum absolute atomic E-state index is 0.242. The van der Waals surface area contributed by atoms with Crippen LogP contribution in [0.4, 0.5) is 4.39 Å². The van der Waals surface area contributed by atoms with Crippen molar-refractivity contribution in [3.05, 3.63) is 89.9 Å². The van der Waals surface area contributed by atoms with Crippen molar-refractivity contribution in [3.8, 4) is 17.0 Å². The molecule has 0 aliphatic heterocycles.